The number of amides is 2. The minimum absolute atomic E-state index is 0.143. The molecule has 0 saturated heterocycles. The summed E-state index contributed by atoms with van der Waals surface area (Å²) >= 11 is 0. The van der Waals surface area contributed by atoms with Crippen LogP contribution in [0.25, 0.3) is 0 Å². The second kappa shape index (κ2) is 6.26. The van der Waals surface area contributed by atoms with E-state index in [0.29, 0.717) is 6.54 Å². The third-order valence-corrected chi connectivity index (χ3v) is 4.71. The normalized spacial score (nSPS) is 31.9. The zero-order chi connectivity index (χ0) is 14.5. The van der Waals surface area contributed by atoms with Crippen molar-refractivity contribution in [2.75, 3.05) is 13.6 Å². The predicted octanol–water partition coefficient (Wildman–Crippen LogP) is 2.37. The lowest BCUT2D eigenvalue weighted by Crippen LogP contribution is -2.51. The molecule has 3 fully saturated rings. The van der Waals surface area contributed by atoms with E-state index in [0.717, 1.165) is 38.5 Å². The smallest absolute Gasteiger partial charge is 0.314 e. The Hall–Kier alpha value is -1.26. The summed E-state index contributed by atoms with van der Waals surface area (Å²) in [7, 11) is 1.60. The van der Waals surface area contributed by atoms with E-state index in [-0.39, 0.29) is 11.4 Å². The molecule has 0 unspecified atom stereocenters. The van der Waals surface area contributed by atoms with Gasteiger partial charge in [0, 0.05) is 13.6 Å². The summed E-state index contributed by atoms with van der Waals surface area (Å²) in [6.07, 6.45) is 5.04. The van der Waals surface area contributed by atoms with Crippen molar-refractivity contribution in [3.63, 3.8) is 0 Å². The third kappa shape index (κ3) is 3.19. The highest BCUT2D eigenvalue weighted by molar-refractivity contribution is 5.75. The molecule has 0 heterocycles. The number of fused-ring (bicyclic) bond motifs is 3. The number of urea groups is 1. The lowest BCUT2D eigenvalue weighted by atomic mass is 9.53. The van der Waals surface area contributed by atoms with Crippen LogP contribution < -0.4 is 10.6 Å². The number of rotatable bonds is 3. The van der Waals surface area contributed by atoms with Gasteiger partial charge in [0.1, 0.15) is 0 Å². The molecule has 0 aliphatic heterocycles. The van der Waals surface area contributed by atoms with Gasteiger partial charge in [-0.1, -0.05) is 13.8 Å². The van der Waals surface area contributed by atoms with Gasteiger partial charge in [0.05, 0.1) is 5.41 Å². The van der Waals surface area contributed by atoms with Crippen molar-refractivity contribution in [1.82, 2.24) is 10.6 Å². The number of carboxylic acids is 1. The van der Waals surface area contributed by atoms with Gasteiger partial charge in [-0.15, -0.1) is 0 Å². The highest BCUT2D eigenvalue weighted by Crippen LogP contribution is 2.56. The molecule has 0 spiro atoms. The van der Waals surface area contributed by atoms with Gasteiger partial charge in [-0.3, -0.25) is 4.79 Å². The standard InChI is InChI=1S/C12H20N2O3.C2H6/c1-13-10(17)14-8-11-2-5-12(6-3-11,7-4-11)9(15)16;1-2/h2-8H2,1H3,(H,15,16)(H2,13,14,17);1-2H3. The fourth-order valence-corrected chi connectivity index (χ4v) is 3.21. The molecule has 5 heteroatoms. The number of carboxylic acid groups (broad SMARTS) is 1. The number of nitrogens with one attached hydrogen (secondary N) is 2. The van der Waals surface area contributed by atoms with Gasteiger partial charge in [0.25, 0.3) is 0 Å². The molecule has 3 aliphatic rings. The van der Waals surface area contributed by atoms with E-state index in [1.165, 1.54) is 0 Å². The van der Waals surface area contributed by atoms with Crippen LogP contribution in [-0.2, 0) is 4.79 Å². The van der Waals surface area contributed by atoms with Crippen molar-refractivity contribution < 1.29 is 14.7 Å². The van der Waals surface area contributed by atoms with E-state index >= 15 is 0 Å². The minimum atomic E-state index is -0.634. The van der Waals surface area contributed by atoms with Crippen LogP contribution in [-0.4, -0.2) is 30.7 Å². The van der Waals surface area contributed by atoms with E-state index in [1.54, 1.807) is 7.05 Å². The first-order valence-electron chi connectivity index (χ1n) is 7.21. The average molecular weight is 270 g/mol. The van der Waals surface area contributed by atoms with Crippen molar-refractivity contribution in [2.24, 2.45) is 10.8 Å². The lowest BCUT2D eigenvalue weighted by Gasteiger charge is -2.51. The maximum atomic E-state index is 11.3. The van der Waals surface area contributed by atoms with Crippen LogP contribution in [0.3, 0.4) is 0 Å². The molecule has 2 bridgehead atoms. The summed E-state index contributed by atoms with van der Waals surface area (Å²) in [5.41, 5.74) is -0.321. The summed E-state index contributed by atoms with van der Waals surface area (Å²) in [5, 5.41) is 14.7. The molecule has 19 heavy (non-hydrogen) atoms. The van der Waals surface area contributed by atoms with Gasteiger partial charge < -0.3 is 15.7 Å². The molecule has 0 atom stereocenters. The van der Waals surface area contributed by atoms with Crippen LogP contribution in [0.15, 0.2) is 0 Å². The van der Waals surface area contributed by atoms with E-state index < -0.39 is 11.4 Å². The Labute approximate surface area is 115 Å². The Morgan fingerprint density at radius 1 is 1.05 bits per heavy atom. The van der Waals surface area contributed by atoms with Gasteiger partial charge in [0.2, 0.25) is 0 Å². The zero-order valence-corrected chi connectivity index (χ0v) is 12.2. The molecular weight excluding hydrogens is 244 g/mol. The SMILES string of the molecule is CC.CNC(=O)NCC12CCC(C(=O)O)(CC1)CC2. The van der Waals surface area contributed by atoms with Crippen LogP contribution in [0, 0.1) is 10.8 Å². The Balaban J connectivity index is 0.000000861. The molecule has 0 aromatic heterocycles. The number of hydrogen-bond acceptors (Lipinski definition) is 2. The van der Waals surface area contributed by atoms with Crippen molar-refractivity contribution in [2.45, 2.75) is 52.4 Å². The summed E-state index contributed by atoms with van der Waals surface area (Å²) in [4.78, 5) is 22.4. The first-order valence-corrected chi connectivity index (χ1v) is 7.21. The molecule has 110 valence electrons. The van der Waals surface area contributed by atoms with Gasteiger partial charge in [-0.2, -0.15) is 0 Å². The molecule has 0 aromatic carbocycles. The van der Waals surface area contributed by atoms with Crippen molar-refractivity contribution >= 4 is 12.0 Å². The quantitative estimate of drug-likeness (QED) is 0.736. The Morgan fingerprint density at radius 3 is 1.89 bits per heavy atom. The fraction of sp³-hybridized carbons (Fsp3) is 0.857. The highest BCUT2D eigenvalue weighted by Gasteiger charge is 2.52. The van der Waals surface area contributed by atoms with Crippen molar-refractivity contribution in [3.8, 4) is 0 Å². The average Bonchev–Trinajstić information content (AvgIpc) is 2.48. The number of carbonyl (C=O) groups excluding carboxylic acids is 1. The largest absolute Gasteiger partial charge is 0.481 e. The third-order valence-electron chi connectivity index (χ3n) is 4.71. The molecule has 5 nitrogen and oxygen atoms in total. The van der Waals surface area contributed by atoms with Crippen LogP contribution in [0.2, 0.25) is 0 Å². The fourth-order valence-electron chi connectivity index (χ4n) is 3.21. The molecule has 3 rings (SSSR count). The van der Waals surface area contributed by atoms with Crippen LogP contribution in [0.5, 0.6) is 0 Å². The maximum Gasteiger partial charge on any atom is 0.314 e. The van der Waals surface area contributed by atoms with Gasteiger partial charge in [0.15, 0.2) is 0 Å². The van der Waals surface area contributed by atoms with Gasteiger partial charge >= 0.3 is 12.0 Å². The summed E-state index contributed by atoms with van der Waals surface area (Å²) < 4.78 is 0. The second-order valence-electron chi connectivity index (χ2n) is 5.52. The summed E-state index contributed by atoms with van der Waals surface area (Å²) in [5.74, 6) is -0.634. The minimum Gasteiger partial charge on any atom is -0.481 e. The zero-order valence-electron chi connectivity index (χ0n) is 12.2. The second-order valence-corrected chi connectivity index (χ2v) is 5.52. The molecular formula is C14H26N2O3. The van der Waals surface area contributed by atoms with E-state index in [9.17, 15) is 14.7 Å². The van der Waals surface area contributed by atoms with E-state index in [4.69, 9.17) is 0 Å². The summed E-state index contributed by atoms with van der Waals surface area (Å²) in [6.45, 7) is 4.67. The Kier molecular flexibility index (Phi) is 5.20. The Morgan fingerprint density at radius 2 is 1.53 bits per heavy atom. The van der Waals surface area contributed by atoms with E-state index in [2.05, 4.69) is 10.6 Å². The summed E-state index contributed by atoms with van der Waals surface area (Å²) in [6, 6.07) is -0.153. The van der Waals surface area contributed by atoms with Gasteiger partial charge in [-0.05, 0) is 43.9 Å². The van der Waals surface area contributed by atoms with Crippen LogP contribution in [0.1, 0.15) is 52.4 Å². The molecule has 3 saturated carbocycles. The lowest BCUT2D eigenvalue weighted by molar-refractivity contribution is -0.158. The first-order chi connectivity index (χ1) is 9.02. The Bertz CT molecular complexity index is 317. The molecule has 3 aliphatic carbocycles. The van der Waals surface area contributed by atoms with Gasteiger partial charge in [-0.25, -0.2) is 4.79 Å². The number of carbonyl (C=O) groups is 2. The highest BCUT2D eigenvalue weighted by atomic mass is 16.4. The molecule has 0 aromatic rings. The molecule has 0 radical (unpaired) electrons. The maximum absolute atomic E-state index is 11.3. The van der Waals surface area contributed by atoms with Crippen molar-refractivity contribution in [1.29, 1.82) is 0 Å². The molecule has 2 amide bonds. The molecule has 3 N–H and O–H groups in total. The van der Waals surface area contributed by atoms with Crippen LogP contribution in [0.4, 0.5) is 4.79 Å². The number of hydrogen-bond donors (Lipinski definition) is 3. The first kappa shape index (κ1) is 15.8. The van der Waals surface area contributed by atoms with E-state index in [1.807, 2.05) is 13.8 Å². The predicted molar refractivity (Wildman–Crippen MR) is 74.0 cm³/mol. The van der Waals surface area contributed by atoms with Crippen molar-refractivity contribution in [3.05, 3.63) is 0 Å². The van der Waals surface area contributed by atoms with Crippen LogP contribution >= 0.6 is 0 Å². The monoisotopic (exact) mass is 270 g/mol. The number of aliphatic carboxylic acids is 1. The topological polar surface area (TPSA) is 78.4 Å².